The van der Waals surface area contributed by atoms with E-state index in [-0.39, 0.29) is 12.3 Å². The lowest BCUT2D eigenvalue weighted by molar-refractivity contribution is -0.115. The second-order valence-corrected chi connectivity index (χ2v) is 9.59. The number of carbonyl (C=O) groups is 1. The molecule has 0 bridgehead atoms. The number of rotatable bonds is 5. The molecule has 146 valence electrons. The molecule has 0 spiro atoms. The molecule has 3 aliphatic rings. The Morgan fingerprint density at radius 2 is 1.89 bits per heavy atom. The first-order valence-electron chi connectivity index (χ1n) is 9.85. The summed E-state index contributed by atoms with van der Waals surface area (Å²) in [6.45, 7) is 3.62. The molecule has 1 aromatic carbocycles. The smallest absolute Gasteiger partial charge is 0.243 e. The Balaban J connectivity index is 1.35. The van der Waals surface area contributed by atoms with E-state index in [0.29, 0.717) is 18.0 Å². The van der Waals surface area contributed by atoms with E-state index in [4.69, 9.17) is 0 Å². The molecular weight excluding hydrogens is 362 g/mol. The number of allylic oxidation sites excluding steroid dienone is 1. The van der Waals surface area contributed by atoms with Crippen LogP contribution in [-0.2, 0) is 21.2 Å². The molecule has 1 aliphatic carbocycles. The van der Waals surface area contributed by atoms with Crippen LogP contribution in [0.1, 0.15) is 37.7 Å². The molecule has 1 aromatic rings. The van der Waals surface area contributed by atoms with Crippen LogP contribution >= 0.6 is 0 Å². The predicted molar refractivity (Wildman–Crippen MR) is 105 cm³/mol. The first kappa shape index (κ1) is 18.7. The van der Waals surface area contributed by atoms with Crippen molar-refractivity contribution in [3.8, 4) is 0 Å². The maximum atomic E-state index is 13.0. The van der Waals surface area contributed by atoms with Crippen LogP contribution < -0.4 is 5.32 Å². The molecule has 0 atom stereocenters. The first-order valence-corrected chi connectivity index (χ1v) is 11.3. The van der Waals surface area contributed by atoms with E-state index < -0.39 is 10.0 Å². The Bertz CT molecular complexity index is 855. The molecule has 0 saturated carbocycles. The Kier molecular flexibility index (Phi) is 5.34. The lowest BCUT2D eigenvalue weighted by atomic mass is 9.97. The minimum absolute atomic E-state index is 0.0822. The summed E-state index contributed by atoms with van der Waals surface area (Å²) in [6, 6.07) is 4.94. The zero-order chi connectivity index (χ0) is 18.9. The Labute approximate surface area is 161 Å². The number of sulfonamides is 1. The van der Waals surface area contributed by atoms with Crippen molar-refractivity contribution in [2.24, 2.45) is 0 Å². The van der Waals surface area contributed by atoms with Gasteiger partial charge < -0.3 is 10.2 Å². The van der Waals surface area contributed by atoms with Gasteiger partial charge in [-0.05, 0) is 55.9 Å². The summed E-state index contributed by atoms with van der Waals surface area (Å²) >= 11 is 0. The number of nitrogens with zero attached hydrogens (tertiary/aromatic N) is 2. The summed E-state index contributed by atoms with van der Waals surface area (Å²) in [6.07, 6.45) is 8.80. The van der Waals surface area contributed by atoms with Crippen molar-refractivity contribution >= 4 is 21.6 Å². The van der Waals surface area contributed by atoms with Gasteiger partial charge in [-0.1, -0.05) is 11.6 Å². The molecule has 2 heterocycles. The van der Waals surface area contributed by atoms with Crippen molar-refractivity contribution in [2.45, 2.75) is 43.4 Å². The lowest BCUT2D eigenvalue weighted by Gasteiger charge is -2.34. The molecule has 1 amide bonds. The average molecular weight is 390 g/mol. The van der Waals surface area contributed by atoms with E-state index in [1.807, 2.05) is 0 Å². The normalized spacial score (nSPS) is 21.6. The van der Waals surface area contributed by atoms with Crippen LogP contribution in [0.15, 0.2) is 34.7 Å². The van der Waals surface area contributed by atoms with Crippen LogP contribution in [0.4, 0.5) is 5.69 Å². The van der Waals surface area contributed by atoms with Crippen molar-refractivity contribution < 1.29 is 13.2 Å². The first-order chi connectivity index (χ1) is 13.0. The number of anilines is 1. The highest BCUT2D eigenvalue weighted by molar-refractivity contribution is 7.89. The van der Waals surface area contributed by atoms with E-state index in [1.54, 1.807) is 28.1 Å². The summed E-state index contributed by atoms with van der Waals surface area (Å²) in [5.41, 5.74) is 3.05. The van der Waals surface area contributed by atoms with E-state index >= 15 is 0 Å². The van der Waals surface area contributed by atoms with Crippen molar-refractivity contribution in [2.75, 3.05) is 38.0 Å². The van der Waals surface area contributed by atoms with Gasteiger partial charge in [-0.15, -0.1) is 0 Å². The van der Waals surface area contributed by atoms with Crippen LogP contribution in [0.25, 0.3) is 0 Å². The zero-order valence-corrected chi connectivity index (χ0v) is 16.4. The molecule has 1 N–H and O–H groups in total. The molecular formula is C20H27N3O3S. The topological polar surface area (TPSA) is 69.7 Å². The average Bonchev–Trinajstić information content (AvgIpc) is 3.06. The number of amides is 1. The van der Waals surface area contributed by atoms with Gasteiger partial charge in [-0.25, -0.2) is 8.42 Å². The monoisotopic (exact) mass is 389 g/mol. The molecule has 4 rings (SSSR count). The van der Waals surface area contributed by atoms with Gasteiger partial charge in [-0.3, -0.25) is 4.79 Å². The number of benzene rings is 1. The molecule has 1 saturated heterocycles. The van der Waals surface area contributed by atoms with Crippen molar-refractivity contribution in [1.29, 1.82) is 0 Å². The van der Waals surface area contributed by atoms with Crippen LogP contribution in [0.2, 0.25) is 0 Å². The van der Waals surface area contributed by atoms with Gasteiger partial charge in [0.25, 0.3) is 0 Å². The molecule has 0 radical (unpaired) electrons. The maximum Gasteiger partial charge on any atom is 0.243 e. The van der Waals surface area contributed by atoms with E-state index in [0.717, 1.165) is 37.3 Å². The highest BCUT2D eigenvalue weighted by Crippen LogP contribution is 2.28. The quantitative estimate of drug-likeness (QED) is 0.785. The third-order valence-corrected chi connectivity index (χ3v) is 7.70. The fourth-order valence-electron chi connectivity index (χ4n) is 4.14. The van der Waals surface area contributed by atoms with Crippen molar-refractivity contribution in [1.82, 2.24) is 9.21 Å². The standard InChI is InChI=1S/C20H27N3O3S/c24-20-15-17-14-18(6-7-19(17)21-20)27(25,26)23-12-10-22(11-13-23)9-8-16-4-2-1-3-5-16/h4,6-7,14H,1-3,5,8-13,15H2,(H,21,24). The number of hydrogen-bond acceptors (Lipinski definition) is 4. The van der Waals surface area contributed by atoms with Crippen LogP contribution in [0, 0.1) is 0 Å². The number of hydrogen-bond donors (Lipinski definition) is 1. The number of piperazine rings is 1. The maximum absolute atomic E-state index is 13.0. The molecule has 2 aliphatic heterocycles. The number of carbonyl (C=O) groups excluding carboxylic acids is 1. The van der Waals surface area contributed by atoms with Gasteiger partial charge in [0.05, 0.1) is 11.3 Å². The van der Waals surface area contributed by atoms with Crippen LogP contribution in [-0.4, -0.2) is 56.3 Å². The van der Waals surface area contributed by atoms with Crippen LogP contribution in [0.5, 0.6) is 0 Å². The Morgan fingerprint density at radius 3 is 2.63 bits per heavy atom. The Morgan fingerprint density at radius 1 is 1.07 bits per heavy atom. The van der Waals surface area contributed by atoms with Crippen LogP contribution in [0.3, 0.4) is 0 Å². The summed E-state index contributed by atoms with van der Waals surface area (Å²) in [7, 11) is -3.50. The molecule has 7 heteroatoms. The lowest BCUT2D eigenvalue weighted by Crippen LogP contribution is -2.48. The van der Waals surface area contributed by atoms with E-state index in [1.165, 1.54) is 25.7 Å². The van der Waals surface area contributed by atoms with Gasteiger partial charge in [0.2, 0.25) is 15.9 Å². The molecule has 1 fully saturated rings. The van der Waals surface area contributed by atoms with Gasteiger partial charge in [0, 0.05) is 38.4 Å². The minimum atomic E-state index is -3.50. The molecule has 0 unspecified atom stereocenters. The summed E-state index contributed by atoms with van der Waals surface area (Å²) in [5, 5.41) is 2.74. The van der Waals surface area contributed by atoms with Gasteiger partial charge in [0.15, 0.2) is 0 Å². The third-order valence-electron chi connectivity index (χ3n) is 5.81. The zero-order valence-electron chi connectivity index (χ0n) is 15.6. The largest absolute Gasteiger partial charge is 0.326 e. The molecule has 27 heavy (non-hydrogen) atoms. The number of nitrogens with one attached hydrogen (secondary N) is 1. The van der Waals surface area contributed by atoms with Gasteiger partial charge in [-0.2, -0.15) is 4.31 Å². The Hall–Kier alpha value is -1.70. The SMILES string of the molecule is O=C1Cc2cc(S(=O)(=O)N3CCN(CCC4=CCCCC4)CC3)ccc2N1. The van der Waals surface area contributed by atoms with E-state index in [2.05, 4.69) is 16.3 Å². The van der Waals surface area contributed by atoms with Crippen molar-refractivity contribution in [3.05, 3.63) is 35.4 Å². The predicted octanol–water partition coefficient (Wildman–Crippen LogP) is 2.38. The summed E-state index contributed by atoms with van der Waals surface area (Å²) < 4.78 is 27.5. The molecule has 6 nitrogen and oxygen atoms in total. The molecule has 0 aromatic heterocycles. The highest BCUT2D eigenvalue weighted by Gasteiger charge is 2.30. The minimum Gasteiger partial charge on any atom is -0.326 e. The highest BCUT2D eigenvalue weighted by atomic mass is 32.2. The fourth-order valence-corrected chi connectivity index (χ4v) is 5.62. The summed E-state index contributed by atoms with van der Waals surface area (Å²) in [5.74, 6) is -0.0822. The fraction of sp³-hybridized carbons (Fsp3) is 0.550. The third kappa shape index (κ3) is 4.10. The second kappa shape index (κ2) is 7.73. The van der Waals surface area contributed by atoms with Crippen molar-refractivity contribution in [3.63, 3.8) is 0 Å². The van der Waals surface area contributed by atoms with E-state index in [9.17, 15) is 13.2 Å². The summed E-state index contributed by atoms with van der Waals surface area (Å²) in [4.78, 5) is 14.2. The second-order valence-electron chi connectivity index (χ2n) is 7.65. The van der Waals surface area contributed by atoms with Gasteiger partial charge in [0.1, 0.15) is 0 Å². The number of fused-ring (bicyclic) bond motifs is 1. The van der Waals surface area contributed by atoms with Gasteiger partial charge >= 0.3 is 0 Å².